The van der Waals surface area contributed by atoms with Crippen molar-refractivity contribution in [1.82, 2.24) is 4.98 Å². The molecule has 0 aliphatic rings. The fourth-order valence-corrected chi connectivity index (χ4v) is 3.31. The minimum absolute atomic E-state index is 0.0382. The van der Waals surface area contributed by atoms with Gasteiger partial charge in [0.25, 0.3) is 5.91 Å². The first kappa shape index (κ1) is 18.6. The number of carbonyl (C=O) groups excluding carboxylic acids is 1. The predicted octanol–water partition coefficient (Wildman–Crippen LogP) is 5.08. The second kappa shape index (κ2) is 7.31. The number of aryl methyl sites for hydroxylation is 2. The number of aromatic nitrogens is 1. The van der Waals surface area contributed by atoms with Gasteiger partial charge in [0, 0.05) is 11.8 Å². The van der Waals surface area contributed by atoms with E-state index in [1.54, 1.807) is 36.4 Å². The third-order valence-electron chi connectivity index (χ3n) is 4.66. The van der Waals surface area contributed by atoms with E-state index in [1.165, 1.54) is 13.2 Å². The number of benzene rings is 3. The number of methoxy groups -OCH3 is 1. The fourth-order valence-electron chi connectivity index (χ4n) is 3.31. The van der Waals surface area contributed by atoms with Crippen LogP contribution in [0.5, 0.6) is 11.5 Å². The summed E-state index contributed by atoms with van der Waals surface area (Å²) in [4.78, 5) is 17.0. The van der Waals surface area contributed by atoms with Gasteiger partial charge < -0.3 is 19.6 Å². The minimum Gasteiger partial charge on any atom is -0.507 e. The van der Waals surface area contributed by atoms with Crippen molar-refractivity contribution < 1.29 is 19.1 Å². The summed E-state index contributed by atoms with van der Waals surface area (Å²) in [7, 11) is 1.51. The molecular weight excluding hydrogens is 368 g/mol. The van der Waals surface area contributed by atoms with Crippen molar-refractivity contribution in [1.29, 1.82) is 0 Å². The Morgan fingerprint density at radius 2 is 1.90 bits per heavy atom. The van der Waals surface area contributed by atoms with Crippen molar-refractivity contribution in [3.8, 4) is 23.0 Å². The molecule has 0 unspecified atom stereocenters. The number of anilines is 1. The number of hydrogen-bond acceptors (Lipinski definition) is 5. The van der Waals surface area contributed by atoms with Crippen molar-refractivity contribution in [3.63, 3.8) is 0 Å². The Bertz CT molecular complexity index is 1230. The molecule has 0 saturated heterocycles. The van der Waals surface area contributed by atoms with E-state index >= 15 is 0 Å². The van der Waals surface area contributed by atoms with Crippen LogP contribution in [0.15, 0.2) is 59.0 Å². The number of phenols is 1. The smallest absolute Gasteiger partial charge is 0.259 e. The predicted molar refractivity (Wildman–Crippen MR) is 112 cm³/mol. The van der Waals surface area contributed by atoms with E-state index < -0.39 is 0 Å². The van der Waals surface area contributed by atoms with Crippen molar-refractivity contribution in [3.05, 3.63) is 71.3 Å². The molecule has 0 saturated carbocycles. The van der Waals surface area contributed by atoms with Crippen LogP contribution in [0, 0.1) is 13.8 Å². The van der Waals surface area contributed by atoms with Crippen molar-refractivity contribution in [2.24, 2.45) is 0 Å². The lowest BCUT2D eigenvalue weighted by Gasteiger charge is -2.10. The van der Waals surface area contributed by atoms with Gasteiger partial charge in [-0.05, 0) is 55.3 Å². The molecule has 0 spiro atoms. The van der Waals surface area contributed by atoms with Gasteiger partial charge in [0.2, 0.25) is 5.89 Å². The number of oxazole rings is 1. The number of aromatic hydroxyl groups is 1. The van der Waals surface area contributed by atoms with Crippen LogP contribution in [0.4, 0.5) is 5.69 Å². The average molecular weight is 388 g/mol. The average Bonchev–Trinajstić information content (AvgIpc) is 3.12. The summed E-state index contributed by atoms with van der Waals surface area (Å²) in [6, 6.07) is 15.7. The molecule has 0 aliphatic carbocycles. The fraction of sp³-hybridized carbons (Fsp3) is 0.130. The first-order chi connectivity index (χ1) is 14.0. The van der Waals surface area contributed by atoms with Gasteiger partial charge >= 0.3 is 0 Å². The summed E-state index contributed by atoms with van der Waals surface area (Å²) in [5.74, 6) is 0.433. The Balaban J connectivity index is 1.63. The van der Waals surface area contributed by atoms with Crippen LogP contribution in [0.3, 0.4) is 0 Å². The van der Waals surface area contributed by atoms with Crippen LogP contribution in [-0.2, 0) is 0 Å². The molecule has 4 aromatic rings. The zero-order chi connectivity index (χ0) is 20.5. The van der Waals surface area contributed by atoms with Crippen molar-refractivity contribution in [2.45, 2.75) is 13.8 Å². The highest BCUT2D eigenvalue weighted by Crippen LogP contribution is 2.34. The Hall–Kier alpha value is -3.80. The van der Waals surface area contributed by atoms with Gasteiger partial charge in [-0.1, -0.05) is 18.2 Å². The topological polar surface area (TPSA) is 84.6 Å². The maximum Gasteiger partial charge on any atom is 0.259 e. The molecule has 6 nitrogen and oxygen atoms in total. The van der Waals surface area contributed by atoms with E-state index in [0.717, 1.165) is 16.6 Å². The zero-order valence-corrected chi connectivity index (χ0v) is 16.3. The van der Waals surface area contributed by atoms with Gasteiger partial charge in [0.05, 0.1) is 18.2 Å². The second-order valence-electron chi connectivity index (χ2n) is 6.84. The van der Waals surface area contributed by atoms with Crippen LogP contribution in [0.2, 0.25) is 0 Å². The van der Waals surface area contributed by atoms with Gasteiger partial charge in [0.1, 0.15) is 17.0 Å². The standard InChI is InChI=1S/C23H20N2O4/c1-13-10-14(2)21-18(11-13)25-23(29-21)16-9-8-15(12-19(16)26)24-22(27)17-6-4-5-7-20(17)28-3/h4-12,26H,1-3H3,(H,24,27). The molecule has 0 atom stereocenters. The zero-order valence-electron chi connectivity index (χ0n) is 16.3. The number of phenolic OH excluding ortho intramolecular Hbond substituents is 1. The van der Waals surface area contributed by atoms with Gasteiger partial charge in [-0.2, -0.15) is 0 Å². The molecule has 1 amide bonds. The molecule has 29 heavy (non-hydrogen) atoms. The van der Waals surface area contributed by atoms with E-state index in [1.807, 2.05) is 26.0 Å². The largest absolute Gasteiger partial charge is 0.507 e. The second-order valence-corrected chi connectivity index (χ2v) is 6.84. The van der Waals surface area contributed by atoms with Crippen molar-refractivity contribution >= 4 is 22.7 Å². The Labute approximate surface area is 167 Å². The summed E-state index contributed by atoms with van der Waals surface area (Å²) < 4.78 is 11.1. The number of para-hydroxylation sites is 1. The van der Waals surface area contributed by atoms with Crippen LogP contribution >= 0.6 is 0 Å². The highest BCUT2D eigenvalue weighted by atomic mass is 16.5. The lowest BCUT2D eigenvalue weighted by atomic mass is 10.1. The normalized spacial score (nSPS) is 10.9. The lowest BCUT2D eigenvalue weighted by Crippen LogP contribution is -2.13. The molecule has 1 aromatic heterocycles. The molecule has 1 heterocycles. The third kappa shape index (κ3) is 3.52. The van der Waals surface area contributed by atoms with Crippen LogP contribution in [0.1, 0.15) is 21.5 Å². The quantitative estimate of drug-likeness (QED) is 0.509. The van der Waals surface area contributed by atoms with Crippen LogP contribution in [-0.4, -0.2) is 23.1 Å². The summed E-state index contributed by atoms with van der Waals surface area (Å²) in [6.45, 7) is 3.96. The monoisotopic (exact) mass is 388 g/mol. The van der Waals surface area contributed by atoms with Gasteiger partial charge in [-0.3, -0.25) is 4.79 Å². The van der Waals surface area contributed by atoms with E-state index in [9.17, 15) is 9.90 Å². The minimum atomic E-state index is -0.331. The molecule has 0 aliphatic heterocycles. The molecule has 2 N–H and O–H groups in total. The highest BCUT2D eigenvalue weighted by Gasteiger charge is 2.16. The van der Waals surface area contributed by atoms with E-state index in [-0.39, 0.29) is 11.7 Å². The Kier molecular flexibility index (Phi) is 4.68. The van der Waals surface area contributed by atoms with Gasteiger partial charge in [-0.25, -0.2) is 4.98 Å². The molecule has 0 radical (unpaired) electrons. The van der Waals surface area contributed by atoms with Gasteiger partial charge in [-0.15, -0.1) is 0 Å². The van der Waals surface area contributed by atoms with Crippen LogP contribution in [0.25, 0.3) is 22.6 Å². The SMILES string of the molecule is COc1ccccc1C(=O)Nc1ccc(-c2nc3cc(C)cc(C)c3o2)c(O)c1. The molecule has 3 aromatic carbocycles. The Morgan fingerprint density at radius 3 is 2.66 bits per heavy atom. The van der Waals surface area contributed by atoms with E-state index in [4.69, 9.17) is 9.15 Å². The summed E-state index contributed by atoms with van der Waals surface area (Å²) in [6.07, 6.45) is 0. The van der Waals surface area contributed by atoms with Crippen molar-refractivity contribution in [2.75, 3.05) is 12.4 Å². The lowest BCUT2D eigenvalue weighted by molar-refractivity contribution is 0.102. The number of carbonyl (C=O) groups is 1. The molecule has 6 heteroatoms. The molecule has 146 valence electrons. The number of ether oxygens (including phenoxy) is 1. The van der Waals surface area contributed by atoms with E-state index in [2.05, 4.69) is 10.3 Å². The summed E-state index contributed by atoms with van der Waals surface area (Å²) >= 11 is 0. The number of rotatable bonds is 4. The Morgan fingerprint density at radius 1 is 1.10 bits per heavy atom. The maximum atomic E-state index is 12.5. The summed E-state index contributed by atoms with van der Waals surface area (Å²) in [5.41, 5.74) is 4.82. The molecule has 4 rings (SSSR count). The number of amides is 1. The third-order valence-corrected chi connectivity index (χ3v) is 4.66. The number of fused-ring (bicyclic) bond motifs is 1. The molecule has 0 bridgehead atoms. The molecule has 0 fully saturated rings. The van der Waals surface area contributed by atoms with E-state index in [0.29, 0.717) is 34.0 Å². The number of nitrogens with zero attached hydrogens (tertiary/aromatic N) is 1. The first-order valence-corrected chi connectivity index (χ1v) is 9.12. The summed E-state index contributed by atoms with van der Waals surface area (Å²) in [5, 5.41) is 13.3. The van der Waals surface area contributed by atoms with Crippen LogP contribution < -0.4 is 10.1 Å². The number of hydrogen-bond donors (Lipinski definition) is 2. The molecular formula is C23H20N2O4. The highest BCUT2D eigenvalue weighted by molar-refractivity contribution is 6.06. The maximum absolute atomic E-state index is 12.5. The first-order valence-electron chi connectivity index (χ1n) is 9.12. The van der Waals surface area contributed by atoms with Gasteiger partial charge in [0.15, 0.2) is 5.58 Å². The number of nitrogens with one attached hydrogen (secondary N) is 1.